The highest BCUT2D eigenvalue weighted by atomic mass is 16.2. The third-order valence-corrected chi connectivity index (χ3v) is 5.19. The number of hydrogen-bond acceptors (Lipinski definition) is 3. The average molecular weight is 354 g/mol. The number of carbonyl (C=O) groups excluding carboxylic acids is 2. The number of piperazine rings is 1. The molecule has 0 unspecified atom stereocenters. The van der Waals surface area contributed by atoms with Gasteiger partial charge in [0.05, 0.1) is 5.69 Å². The number of rotatable bonds is 4. The van der Waals surface area contributed by atoms with Crippen molar-refractivity contribution in [1.82, 2.24) is 19.6 Å². The Kier molecular flexibility index (Phi) is 5.40. The topological polar surface area (TPSA) is 58.4 Å². The second-order valence-electron chi connectivity index (χ2n) is 6.81. The minimum atomic E-state index is 0.0410. The summed E-state index contributed by atoms with van der Waals surface area (Å²) in [7, 11) is 1.93. The molecule has 0 aliphatic carbocycles. The summed E-state index contributed by atoms with van der Waals surface area (Å²) in [6.45, 7) is 6.40. The number of hydrogen-bond donors (Lipinski definition) is 0. The van der Waals surface area contributed by atoms with Crippen molar-refractivity contribution in [2.24, 2.45) is 7.05 Å². The van der Waals surface area contributed by atoms with Crippen LogP contribution in [0.5, 0.6) is 0 Å². The molecule has 1 aromatic carbocycles. The Morgan fingerprint density at radius 3 is 2.19 bits per heavy atom. The number of amides is 2. The molecule has 2 amide bonds. The Hall–Kier alpha value is -2.63. The lowest BCUT2D eigenvalue weighted by atomic mass is 10.1. The highest BCUT2D eigenvalue weighted by molar-refractivity contribution is 5.94. The van der Waals surface area contributed by atoms with E-state index in [9.17, 15) is 9.59 Å². The van der Waals surface area contributed by atoms with Gasteiger partial charge in [-0.3, -0.25) is 14.3 Å². The lowest BCUT2D eigenvalue weighted by Crippen LogP contribution is -2.50. The highest BCUT2D eigenvalue weighted by Crippen LogP contribution is 2.16. The zero-order valence-corrected chi connectivity index (χ0v) is 15.7. The largest absolute Gasteiger partial charge is 0.339 e. The van der Waals surface area contributed by atoms with Crippen LogP contribution in [0, 0.1) is 13.8 Å². The molecule has 0 N–H and O–H groups in total. The monoisotopic (exact) mass is 354 g/mol. The first-order valence-corrected chi connectivity index (χ1v) is 9.08. The summed E-state index contributed by atoms with van der Waals surface area (Å²) in [6.07, 6.45) is 1.20. The van der Waals surface area contributed by atoms with Crippen LogP contribution >= 0.6 is 0 Å². The van der Waals surface area contributed by atoms with E-state index in [1.54, 1.807) is 0 Å². The molecule has 3 rings (SSSR count). The van der Waals surface area contributed by atoms with Crippen molar-refractivity contribution in [1.29, 1.82) is 0 Å². The standard InChI is InChI=1S/C20H26N4O2/c1-15-18(16(2)22(3)21-15)9-10-19(25)23-11-13-24(14-12-23)20(26)17-7-5-4-6-8-17/h4-8H,9-14H2,1-3H3. The van der Waals surface area contributed by atoms with Crippen molar-refractivity contribution in [2.45, 2.75) is 26.7 Å². The minimum Gasteiger partial charge on any atom is -0.339 e. The summed E-state index contributed by atoms with van der Waals surface area (Å²) < 4.78 is 1.86. The van der Waals surface area contributed by atoms with Gasteiger partial charge in [-0.05, 0) is 38.0 Å². The zero-order valence-electron chi connectivity index (χ0n) is 15.7. The van der Waals surface area contributed by atoms with E-state index >= 15 is 0 Å². The van der Waals surface area contributed by atoms with Crippen molar-refractivity contribution >= 4 is 11.8 Å². The predicted octanol–water partition coefficient (Wildman–Crippen LogP) is 1.95. The van der Waals surface area contributed by atoms with Gasteiger partial charge < -0.3 is 9.80 Å². The molecule has 0 radical (unpaired) electrons. The summed E-state index contributed by atoms with van der Waals surface area (Å²) in [4.78, 5) is 28.7. The highest BCUT2D eigenvalue weighted by Gasteiger charge is 2.25. The van der Waals surface area contributed by atoms with E-state index in [2.05, 4.69) is 5.10 Å². The van der Waals surface area contributed by atoms with Crippen LogP contribution in [0.1, 0.15) is 33.7 Å². The smallest absolute Gasteiger partial charge is 0.253 e. The van der Waals surface area contributed by atoms with Gasteiger partial charge in [0.15, 0.2) is 0 Å². The Morgan fingerprint density at radius 1 is 1.00 bits per heavy atom. The Morgan fingerprint density at radius 2 is 1.62 bits per heavy atom. The second-order valence-corrected chi connectivity index (χ2v) is 6.81. The molecular weight excluding hydrogens is 328 g/mol. The van der Waals surface area contributed by atoms with Crippen LogP contribution in [0.15, 0.2) is 30.3 Å². The van der Waals surface area contributed by atoms with Crippen molar-refractivity contribution in [3.05, 3.63) is 52.8 Å². The average Bonchev–Trinajstić information content (AvgIpc) is 2.91. The first kappa shape index (κ1) is 18.2. The van der Waals surface area contributed by atoms with Gasteiger partial charge in [0, 0.05) is 50.9 Å². The van der Waals surface area contributed by atoms with Crippen LogP contribution in [-0.2, 0) is 18.3 Å². The number of aryl methyl sites for hydroxylation is 2. The maximum absolute atomic E-state index is 12.5. The molecule has 0 spiro atoms. The molecular formula is C20H26N4O2. The summed E-state index contributed by atoms with van der Waals surface area (Å²) in [5.74, 6) is 0.193. The van der Waals surface area contributed by atoms with Crippen molar-refractivity contribution in [2.75, 3.05) is 26.2 Å². The van der Waals surface area contributed by atoms with Gasteiger partial charge in [0.2, 0.25) is 5.91 Å². The molecule has 6 heteroatoms. The molecule has 2 aromatic rings. The molecule has 0 atom stereocenters. The van der Waals surface area contributed by atoms with E-state index < -0.39 is 0 Å². The van der Waals surface area contributed by atoms with Gasteiger partial charge in [0.1, 0.15) is 0 Å². The Bertz CT molecular complexity index is 790. The molecule has 2 heterocycles. The van der Waals surface area contributed by atoms with Gasteiger partial charge >= 0.3 is 0 Å². The fraction of sp³-hybridized carbons (Fsp3) is 0.450. The fourth-order valence-electron chi connectivity index (χ4n) is 3.49. The minimum absolute atomic E-state index is 0.0410. The molecule has 0 saturated carbocycles. The van der Waals surface area contributed by atoms with Gasteiger partial charge in [-0.1, -0.05) is 18.2 Å². The first-order chi connectivity index (χ1) is 12.5. The van der Waals surface area contributed by atoms with Crippen LogP contribution in [0.3, 0.4) is 0 Å². The van der Waals surface area contributed by atoms with Crippen LogP contribution in [0.2, 0.25) is 0 Å². The number of carbonyl (C=O) groups is 2. The van der Waals surface area contributed by atoms with Crippen LogP contribution < -0.4 is 0 Å². The second kappa shape index (κ2) is 7.72. The van der Waals surface area contributed by atoms with E-state index in [-0.39, 0.29) is 11.8 Å². The zero-order chi connectivity index (χ0) is 18.7. The van der Waals surface area contributed by atoms with E-state index in [0.717, 1.165) is 11.4 Å². The molecule has 1 aromatic heterocycles. The molecule has 6 nitrogen and oxygen atoms in total. The fourth-order valence-corrected chi connectivity index (χ4v) is 3.49. The van der Waals surface area contributed by atoms with Gasteiger partial charge in [0.25, 0.3) is 5.91 Å². The van der Waals surface area contributed by atoms with Crippen LogP contribution in [-0.4, -0.2) is 57.6 Å². The normalized spacial score (nSPS) is 14.6. The van der Waals surface area contributed by atoms with E-state index in [0.29, 0.717) is 44.6 Å². The van der Waals surface area contributed by atoms with Gasteiger partial charge in [-0.25, -0.2) is 0 Å². The lowest BCUT2D eigenvalue weighted by Gasteiger charge is -2.35. The predicted molar refractivity (Wildman–Crippen MR) is 99.9 cm³/mol. The summed E-state index contributed by atoms with van der Waals surface area (Å²) in [5, 5.41) is 4.41. The van der Waals surface area contributed by atoms with E-state index in [1.165, 1.54) is 5.56 Å². The first-order valence-electron chi connectivity index (χ1n) is 9.08. The lowest BCUT2D eigenvalue weighted by molar-refractivity contribution is -0.132. The molecule has 0 bridgehead atoms. The van der Waals surface area contributed by atoms with E-state index in [1.807, 2.05) is 65.7 Å². The van der Waals surface area contributed by atoms with Crippen molar-refractivity contribution in [3.63, 3.8) is 0 Å². The summed E-state index contributed by atoms with van der Waals surface area (Å²) in [5.41, 5.74) is 3.98. The molecule has 1 fully saturated rings. The maximum atomic E-state index is 12.5. The van der Waals surface area contributed by atoms with E-state index in [4.69, 9.17) is 0 Å². The summed E-state index contributed by atoms with van der Waals surface area (Å²) in [6, 6.07) is 9.31. The quantitative estimate of drug-likeness (QED) is 0.843. The molecule has 26 heavy (non-hydrogen) atoms. The summed E-state index contributed by atoms with van der Waals surface area (Å²) >= 11 is 0. The van der Waals surface area contributed by atoms with Crippen molar-refractivity contribution < 1.29 is 9.59 Å². The van der Waals surface area contributed by atoms with Crippen LogP contribution in [0.25, 0.3) is 0 Å². The molecule has 1 aliphatic heterocycles. The van der Waals surface area contributed by atoms with Crippen molar-refractivity contribution in [3.8, 4) is 0 Å². The third-order valence-electron chi connectivity index (χ3n) is 5.19. The van der Waals surface area contributed by atoms with Gasteiger partial charge in [-0.2, -0.15) is 5.10 Å². The third kappa shape index (κ3) is 3.79. The Labute approximate surface area is 154 Å². The van der Waals surface area contributed by atoms with Crippen LogP contribution in [0.4, 0.5) is 0 Å². The maximum Gasteiger partial charge on any atom is 0.253 e. The number of aromatic nitrogens is 2. The SMILES string of the molecule is Cc1nn(C)c(C)c1CCC(=O)N1CCN(C(=O)c2ccccc2)CC1. The molecule has 1 saturated heterocycles. The molecule has 1 aliphatic rings. The van der Waals surface area contributed by atoms with Gasteiger partial charge in [-0.15, -0.1) is 0 Å². The molecule has 138 valence electrons. The Balaban J connectivity index is 1.51. The number of nitrogens with zero attached hydrogens (tertiary/aromatic N) is 4. The number of benzene rings is 1.